The molecule has 21 heavy (non-hydrogen) atoms. The Morgan fingerprint density at radius 2 is 2.14 bits per heavy atom. The van der Waals surface area contributed by atoms with Gasteiger partial charge in [-0.05, 0) is 38.8 Å². The zero-order chi connectivity index (χ0) is 14.8. The van der Waals surface area contributed by atoms with Gasteiger partial charge in [0.15, 0.2) is 0 Å². The van der Waals surface area contributed by atoms with Gasteiger partial charge < -0.3 is 9.88 Å². The predicted molar refractivity (Wildman–Crippen MR) is 84.2 cm³/mol. The zero-order valence-electron chi connectivity index (χ0n) is 12.8. The molecule has 1 saturated carbocycles. The molecule has 1 aliphatic carbocycles. The molecular weight excluding hydrogens is 262 g/mol. The number of nitrogens with zero attached hydrogens (tertiary/aromatic N) is 2. The number of rotatable bonds is 5. The highest BCUT2D eigenvalue weighted by molar-refractivity contribution is 5.79. The number of nitrogens with one attached hydrogen (secondary N) is 1. The van der Waals surface area contributed by atoms with Crippen LogP contribution in [0.3, 0.4) is 0 Å². The molecule has 0 aliphatic heterocycles. The predicted octanol–water partition coefficient (Wildman–Crippen LogP) is 3.08. The van der Waals surface area contributed by atoms with Crippen molar-refractivity contribution >= 4 is 16.9 Å². The Morgan fingerprint density at radius 3 is 2.81 bits per heavy atom. The lowest BCUT2D eigenvalue weighted by molar-refractivity contribution is -0.127. The van der Waals surface area contributed by atoms with Gasteiger partial charge in [0.1, 0.15) is 5.82 Å². The summed E-state index contributed by atoms with van der Waals surface area (Å²) in [6.45, 7) is 5.01. The van der Waals surface area contributed by atoms with Gasteiger partial charge in [0.2, 0.25) is 5.91 Å². The molecule has 4 heteroatoms. The minimum absolute atomic E-state index is 0.216. The topological polar surface area (TPSA) is 46.9 Å². The van der Waals surface area contributed by atoms with E-state index in [0.717, 1.165) is 30.6 Å². The van der Waals surface area contributed by atoms with Crippen molar-refractivity contribution < 1.29 is 4.79 Å². The molecule has 0 atom stereocenters. The average Bonchev–Trinajstić information content (AvgIpc) is 2.74. The van der Waals surface area contributed by atoms with E-state index in [0.29, 0.717) is 12.6 Å². The van der Waals surface area contributed by atoms with Crippen molar-refractivity contribution in [1.29, 1.82) is 0 Å². The summed E-state index contributed by atoms with van der Waals surface area (Å²) in [4.78, 5) is 16.6. The number of carbonyl (C=O) groups is 1. The number of benzene rings is 1. The first-order valence-corrected chi connectivity index (χ1v) is 7.90. The standard InChI is InChI=1S/C17H23N3O/c1-12(2)20-15-9-4-3-8-14(15)19-16(20)10-11-18-17(21)13-6-5-7-13/h3-4,8-9,12-13H,5-7,10-11H2,1-2H3,(H,18,21). The molecule has 3 rings (SSSR count). The Labute approximate surface area is 125 Å². The largest absolute Gasteiger partial charge is 0.355 e. The summed E-state index contributed by atoms with van der Waals surface area (Å²) in [5, 5.41) is 3.05. The van der Waals surface area contributed by atoms with E-state index in [-0.39, 0.29) is 11.8 Å². The fourth-order valence-electron chi connectivity index (χ4n) is 2.96. The molecule has 2 aromatic rings. The van der Waals surface area contributed by atoms with Crippen LogP contribution in [0.25, 0.3) is 11.0 Å². The van der Waals surface area contributed by atoms with E-state index in [9.17, 15) is 4.79 Å². The van der Waals surface area contributed by atoms with E-state index >= 15 is 0 Å². The third-order valence-corrected chi connectivity index (χ3v) is 4.31. The van der Waals surface area contributed by atoms with Crippen molar-refractivity contribution in [3.05, 3.63) is 30.1 Å². The van der Waals surface area contributed by atoms with Gasteiger partial charge in [-0.1, -0.05) is 18.6 Å². The number of carbonyl (C=O) groups excluding carboxylic acids is 1. The summed E-state index contributed by atoms with van der Waals surface area (Å²) in [5.41, 5.74) is 2.21. The molecule has 0 radical (unpaired) electrons. The van der Waals surface area contributed by atoms with Crippen LogP contribution in [-0.2, 0) is 11.2 Å². The minimum atomic E-state index is 0.216. The molecule has 1 aromatic heterocycles. The highest BCUT2D eigenvalue weighted by Gasteiger charge is 2.24. The SMILES string of the molecule is CC(C)n1c(CCNC(=O)C2CCC2)nc2ccccc21. The van der Waals surface area contributed by atoms with Crippen LogP contribution in [0, 0.1) is 5.92 Å². The van der Waals surface area contributed by atoms with Crippen LogP contribution in [0.15, 0.2) is 24.3 Å². The van der Waals surface area contributed by atoms with Gasteiger partial charge in [-0.3, -0.25) is 4.79 Å². The summed E-state index contributed by atoms with van der Waals surface area (Å²) in [6.07, 6.45) is 4.08. The molecule has 0 unspecified atom stereocenters. The highest BCUT2D eigenvalue weighted by atomic mass is 16.1. The number of amides is 1. The first-order chi connectivity index (χ1) is 10.2. The Balaban J connectivity index is 1.71. The minimum Gasteiger partial charge on any atom is -0.355 e. The van der Waals surface area contributed by atoms with E-state index in [2.05, 4.69) is 29.8 Å². The number of imidazole rings is 1. The normalized spacial score (nSPS) is 15.4. The number of hydrogen-bond acceptors (Lipinski definition) is 2. The fraction of sp³-hybridized carbons (Fsp3) is 0.529. The Kier molecular flexibility index (Phi) is 3.95. The van der Waals surface area contributed by atoms with Gasteiger partial charge in [0, 0.05) is 24.9 Å². The Hall–Kier alpha value is -1.84. The molecule has 1 aliphatic rings. The maximum absolute atomic E-state index is 11.9. The Bertz CT molecular complexity index is 641. The van der Waals surface area contributed by atoms with Crippen LogP contribution in [0.2, 0.25) is 0 Å². The molecule has 0 bridgehead atoms. The molecular formula is C17H23N3O. The van der Waals surface area contributed by atoms with Crippen molar-refractivity contribution in [1.82, 2.24) is 14.9 Å². The van der Waals surface area contributed by atoms with Gasteiger partial charge in [-0.25, -0.2) is 4.98 Å². The number of fused-ring (bicyclic) bond motifs is 1. The second-order valence-electron chi connectivity index (χ2n) is 6.15. The average molecular weight is 285 g/mol. The fourth-order valence-corrected chi connectivity index (χ4v) is 2.96. The van der Waals surface area contributed by atoms with Crippen LogP contribution < -0.4 is 5.32 Å². The summed E-state index contributed by atoms with van der Waals surface area (Å²) < 4.78 is 2.27. The van der Waals surface area contributed by atoms with Gasteiger partial charge in [0.05, 0.1) is 11.0 Å². The highest BCUT2D eigenvalue weighted by Crippen LogP contribution is 2.26. The summed E-state index contributed by atoms with van der Waals surface area (Å²) >= 11 is 0. The lowest BCUT2D eigenvalue weighted by atomic mass is 9.85. The molecule has 112 valence electrons. The van der Waals surface area contributed by atoms with Crippen LogP contribution in [0.4, 0.5) is 0 Å². The smallest absolute Gasteiger partial charge is 0.223 e. The van der Waals surface area contributed by atoms with Crippen LogP contribution in [0.1, 0.15) is 45.0 Å². The van der Waals surface area contributed by atoms with E-state index in [4.69, 9.17) is 4.98 Å². The van der Waals surface area contributed by atoms with Gasteiger partial charge in [0.25, 0.3) is 0 Å². The number of hydrogen-bond donors (Lipinski definition) is 1. The van der Waals surface area contributed by atoms with Crippen molar-refractivity contribution in [3.63, 3.8) is 0 Å². The first kappa shape index (κ1) is 14.1. The van der Waals surface area contributed by atoms with E-state index < -0.39 is 0 Å². The van der Waals surface area contributed by atoms with Gasteiger partial charge in [-0.15, -0.1) is 0 Å². The monoisotopic (exact) mass is 285 g/mol. The van der Waals surface area contributed by atoms with Gasteiger partial charge in [-0.2, -0.15) is 0 Å². The lowest BCUT2D eigenvalue weighted by Crippen LogP contribution is -2.35. The first-order valence-electron chi connectivity index (χ1n) is 7.90. The molecule has 1 fully saturated rings. The molecule has 0 saturated heterocycles. The number of para-hydroxylation sites is 2. The third-order valence-electron chi connectivity index (χ3n) is 4.31. The molecule has 4 nitrogen and oxygen atoms in total. The quantitative estimate of drug-likeness (QED) is 0.917. The molecule has 1 N–H and O–H groups in total. The molecule has 1 heterocycles. The molecule has 0 spiro atoms. The molecule has 1 amide bonds. The number of aromatic nitrogens is 2. The van der Waals surface area contributed by atoms with E-state index in [1.807, 2.05) is 18.2 Å². The van der Waals surface area contributed by atoms with Crippen LogP contribution in [0.5, 0.6) is 0 Å². The van der Waals surface area contributed by atoms with Crippen molar-refractivity contribution in [2.24, 2.45) is 5.92 Å². The summed E-state index contributed by atoms with van der Waals surface area (Å²) in [5.74, 6) is 1.53. The van der Waals surface area contributed by atoms with E-state index in [1.165, 1.54) is 11.9 Å². The maximum atomic E-state index is 11.9. The van der Waals surface area contributed by atoms with Gasteiger partial charge >= 0.3 is 0 Å². The second kappa shape index (κ2) is 5.88. The lowest BCUT2D eigenvalue weighted by Gasteiger charge is -2.24. The van der Waals surface area contributed by atoms with Crippen LogP contribution >= 0.6 is 0 Å². The van der Waals surface area contributed by atoms with E-state index in [1.54, 1.807) is 0 Å². The molecule has 1 aromatic carbocycles. The third kappa shape index (κ3) is 2.80. The summed E-state index contributed by atoms with van der Waals surface area (Å²) in [6, 6.07) is 8.59. The maximum Gasteiger partial charge on any atom is 0.223 e. The van der Waals surface area contributed by atoms with Crippen molar-refractivity contribution in [2.75, 3.05) is 6.54 Å². The second-order valence-corrected chi connectivity index (χ2v) is 6.15. The zero-order valence-corrected chi connectivity index (χ0v) is 12.8. The van der Waals surface area contributed by atoms with Crippen LogP contribution in [-0.4, -0.2) is 22.0 Å². The Morgan fingerprint density at radius 1 is 1.38 bits per heavy atom. The summed E-state index contributed by atoms with van der Waals surface area (Å²) in [7, 11) is 0. The van der Waals surface area contributed by atoms with Crippen molar-refractivity contribution in [2.45, 2.75) is 45.6 Å². The van der Waals surface area contributed by atoms with Crippen molar-refractivity contribution in [3.8, 4) is 0 Å².